The highest BCUT2D eigenvalue weighted by Gasteiger charge is 2.35. The molecule has 0 aliphatic heterocycles. The highest BCUT2D eigenvalue weighted by Crippen LogP contribution is 2.34. The molecule has 0 aromatic rings. The maximum atomic E-state index is 8.26. The largest absolute Gasteiger partial charge is 0.409 e. The number of nitrogens with zero attached hydrogens (tertiary/aromatic N) is 1. The molecule has 0 bridgehead atoms. The van der Waals surface area contributed by atoms with Crippen molar-refractivity contribution >= 4 is 5.84 Å². The van der Waals surface area contributed by atoms with E-state index in [1.54, 1.807) is 0 Å². The zero-order chi connectivity index (χ0) is 8.97. The van der Waals surface area contributed by atoms with Gasteiger partial charge >= 0.3 is 0 Å². The Balaban J connectivity index is 2.04. The molecule has 0 saturated heterocycles. The molecule has 2 atom stereocenters. The van der Waals surface area contributed by atoms with Gasteiger partial charge in [-0.3, -0.25) is 0 Å². The molecule has 0 amide bonds. The van der Waals surface area contributed by atoms with Crippen molar-refractivity contribution in [1.82, 2.24) is 5.32 Å². The third-order valence-electron chi connectivity index (χ3n) is 2.26. The first-order valence-corrected chi connectivity index (χ1v) is 4.47. The average Bonchev–Trinajstić information content (AvgIpc) is 2.80. The molecule has 0 spiro atoms. The van der Waals surface area contributed by atoms with Crippen molar-refractivity contribution in [3.63, 3.8) is 0 Å². The molecule has 1 aliphatic carbocycles. The fourth-order valence-electron chi connectivity index (χ4n) is 1.46. The van der Waals surface area contributed by atoms with Crippen molar-refractivity contribution in [2.24, 2.45) is 16.8 Å². The molecule has 12 heavy (non-hydrogen) atoms. The number of oxime groups is 1. The maximum Gasteiger partial charge on any atom is 0.153 e. The first-order valence-electron chi connectivity index (χ1n) is 4.47. The van der Waals surface area contributed by atoms with E-state index in [9.17, 15) is 0 Å². The molecule has 0 heterocycles. The normalized spacial score (nSPS) is 28.9. The Labute approximate surface area is 72.8 Å². The third-order valence-corrected chi connectivity index (χ3v) is 2.26. The zero-order valence-corrected chi connectivity index (χ0v) is 7.45. The SMILES string of the molecule is CCCC1CC1NCC(N)=NO. The summed E-state index contributed by atoms with van der Waals surface area (Å²) in [6, 6.07) is 0.602. The van der Waals surface area contributed by atoms with Crippen LogP contribution < -0.4 is 11.1 Å². The van der Waals surface area contributed by atoms with Crippen LogP contribution in [0.5, 0.6) is 0 Å². The number of rotatable bonds is 5. The van der Waals surface area contributed by atoms with E-state index in [4.69, 9.17) is 10.9 Å². The van der Waals surface area contributed by atoms with Crippen LogP contribution in [-0.4, -0.2) is 23.6 Å². The molecule has 70 valence electrons. The number of nitrogens with one attached hydrogen (secondary N) is 1. The molecule has 1 fully saturated rings. The van der Waals surface area contributed by atoms with Crippen LogP contribution in [0.1, 0.15) is 26.2 Å². The van der Waals surface area contributed by atoms with E-state index in [1.165, 1.54) is 19.3 Å². The Morgan fingerprint density at radius 1 is 1.75 bits per heavy atom. The maximum absolute atomic E-state index is 8.26. The number of hydrogen-bond acceptors (Lipinski definition) is 3. The van der Waals surface area contributed by atoms with Crippen molar-refractivity contribution in [2.45, 2.75) is 32.2 Å². The molecule has 2 unspecified atom stereocenters. The second kappa shape index (κ2) is 4.30. The predicted octanol–water partition coefficient (Wildman–Crippen LogP) is 0.511. The molecule has 1 aliphatic rings. The van der Waals surface area contributed by atoms with Crippen LogP contribution in [0.4, 0.5) is 0 Å². The van der Waals surface area contributed by atoms with Gasteiger partial charge < -0.3 is 16.3 Å². The van der Waals surface area contributed by atoms with Gasteiger partial charge in [-0.2, -0.15) is 0 Å². The predicted molar refractivity (Wildman–Crippen MR) is 48.2 cm³/mol. The van der Waals surface area contributed by atoms with Gasteiger partial charge in [0.2, 0.25) is 0 Å². The minimum absolute atomic E-state index is 0.261. The van der Waals surface area contributed by atoms with Crippen molar-refractivity contribution in [3.8, 4) is 0 Å². The van der Waals surface area contributed by atoms with Gasteiger partial charge in [-0.1, -0.05) is 18.5 Å². The van der Waals surface area contributed by atoms with E-state index in [0.717, 1.165) is 5.92 Å². The van der Waals surface area contributed by atoms with Crippen molar-refractivity contribution in [3.05, 3.63) is 0 Å². The first-order chi connectivity index (χ1) is 5.77. The van der Waals surface area contributed by atoms with E-state index in [-0.39, 0.29) is 5.84 Å². The number of hydrogen-bond donors (Lipinski definition) is 3. The molecule has 1 rings (SSSR count). The highest BCUT2D eigenvalue weighted by molar-refractivity contribution is 5.81. The summed E-state index contributed by atoms with van der Waals surface area (Å²) >= 11 is 0. The molecular formula is C8H17N3O. The lowest BCUT2D eigenvalue weighted by Gasteiger charge is -2.01. The minimum Gasteiger partial charge on any atom is -0.409 e. The van der Waals surface area contributed by atoms with Crippen LogP contribution in [0.3, 0.4) is 0 Å². The lowest BCUT2D eigenvalue weighted by atomic mass is 10.2. The van der Waals surface area contributed by atoms with Crippen LogP contribution in [0.15, 0.2) is 5.16 Å². The Morgan fingerprint density at radius 3 is 3.08 bits per heavy atom. The molecular weight excluding hydrogens is 154 g/mol. The first kappa shape index (κ1) is 9.32. The monoisotopic (exact) mass is 171 g/mol. The van der Waals surface area contributed by atoms with Crippen molar-refractivity contribution < 1.29 is 5.21 Å². The zero-order valence-electron chi connectivity index (χ0n) is 7.45. The molecule has 0 radical (unpaired) electrons. The Bertz CT molecular complexity index is 170. The standard InChI is InChI=1S/C8H17N3O/c1-2-3-6-4-7(6)10-5-8(9)11-12/h6-7,10,12H,2-5H2,1H3,(H2,9,11). The second-order valence-corrected chi connectivity index (χ2v) is 3.36. The lowest BCUT2D eigenvalue weighted by molar-refractivity contribution is 0.317. The molecule has 4 heteroatoms. The summed E-state index contributed by atoms with van der Waals surface area (Å²) < 4.78 is 0. The van der Waals surface area contributed by atoms with Crippen LogP contribution in [0.25, 0.3) is 0 Å². The molecule has 1 saturated carbocycles. The summed E-state index contributed by atoms with van der Waals surface area (Å²) in [5, 5.41) is 14.4. The fourth-order valence-corrected chi connectivity index (χ4v) is 1.46. The summed E-state index contributed by atoms with van der Waals surface area (Å²) in [4.78, 5) is 0. The topological polar surface area (TPSA) is 70.6 Å². The minimum atomic E-state index is 0.261. The smallest absolute Gasteiger partial charge is 0.153 e. The molecule has 0 aromatic carbocycles. The highest BCUT2D eigenvalue weighted by atomic mass is 16.4. The van der Waals surface area contributed by atoms with Gasteiger partial charge in [-0.05, 0) is 18.8 Å². The van der Waals surface area contributed by atoms with Crippen molar-refractivity contribution in [1.29, 1.82) is 0 Å². The van der Waals surface area contributed by atoms with Gasteiger partial charge in [0.1, 0.15) is 0 Å². The lowest BCUT2D eigenvalue weighted by Crippen LogP contribution is -2.31. The second-order valence-electron chi connectivity index (χ2n) is 3.36. The van der Waals surface area contributed by atoms with Gasteiger partial charge in [0.15, 0.2) is 5.84 Å². The van der Waals surface area contributed by atoms with Gasteiger partial charge in [0.25, 0.3) is 0 Å². The fraction of sp³-hybridized carbons (Fsp3) is 0.875. The number of amidine groups is 1. The van der Waals surface area contributed by atoms with Gasteiger partial charge in [0.05, 0.1) is 6.54 Å². The van der Waals surface area contributed by atoms with Crippen LogP contribution >= 0.6 is 0 Å². The van der Waals surface area contributed by atoms with Crippen molar-refractivity contribution in [2.75, 3.05) is 6.54 Å². The number of nitrogens with two attached hydrogens (primary N) is 1. The van der Waals surface area contributed by atoms with Crippen LogP contribution in [-0.2, 0) is 0 Å². The summed E-state index contributed by atoms with van der Waals surface area (Å²) in [6.45, 7) is 2.69. The van der Waals surface area contributed by atoms with E-state index in [1.807, 2.05) is 0 Å². The third kappa shape index (κ3) is 2.70. The molecule has 4 N–H and O–H groups in total. The van der Waals surface area contributed by atoms with E-state index >= 15 is 0 Å². The molecule has 4 nitrogen and oxygen atoms in total. The molecule has 0 aromatic heterocycles. The Kier molecular flexibility index (Phi) is 3.34. The van der Waals surface area contributed by atoms with Crippen LogP contribution in [0.2, 0.25) is 0 Å². The average molecular weight is 171 g/mol. The van der Waals surface area contributed by atoms with Crippen LogP contribution in [0, 0.1) is 5.92 Å². The summed E-state index contributed by atoms with van der Waals surface area (Å²) in [5.41, 5.74) is 5.31. The van der Waals surface area contributed by atoms with Gasteiger partial charge in [-0.15, -0.1) is 0 Å². The summed E-state index contributed by atoms with van der Waals surface area (Å²) in [5.74, 6) is 1.08. The van der Waals surface area contributed by atoms with E-state index < -0.39 is 0 Å². The Morgan fingerprint density at radius 2 is 2.50 bits per heavy atom. The Hall–Kier alpha value is -0.770. The summed E-state index contributed by atoms with van der Waals surface area (Å²) in [6.07, 6.45) is 3.77. The summed E-state index contributed by atoms with van der Waals surface area (Å²) in [7, 11) is 0. The van der Waals surface area contributed by atoms with E-state index in [0.29, 0.717) is 12.6 Å². The van der Waals surface area contributed by atoms with Gasteiger partial charge in [0, 0.05) is 6.04 Å². The van der Waals surface area contributed by atoms with Gasteiger partial charge in [-0.25, -0.2) is 0 Å². The van der Waals surface area contributed by atoms with E-state index in [2.05, 4.69) is 17.4 Å². The quantitative estimate of drug-likeness (QED) is 0.244.